The van der Waals surface area contributed by atoms with Gasteiger partial charge in [0.1, 0.15) is 6.33 Å². The second-order valence-corrected chi connectivity index (χ2v) is 4.39. The Morgan fingerprint density at radius 2 is 2.25 bits per heavy atom. The van der Waals surface area contributed by atoms with Gasteiger partial charge in [-0.25, -0.2) is 4.98 Å². The number of nitrogens with zero attached hydrogens (tertiary/aromatic N) is 2. The van der Waals surface area contributed by atoms with E-state index in [1.165, 1.54) is 18.1 Å². The molecule has 4 nitrogen and oxygen atoms in total. The maximum absolute atomic E-state index is 9.88. The first-order valence-electron chi connectivity index (χ1n) is 5.11. The van der Waals surface area contributed by atoms with Crippen molar-refractivity contribution in [3.8, 4) is 0 Å². The fourth-order valence-corrected chi connectivity index (χ4v) is 2.29. The van der Waals surface area contributed by atoms with E-state index in [1.807, 2.05) is 31.2 Å². The first kappa shape index (κ1) is 11.2. The number of aliphatic hydroxyl groups is 1. The van der Waals surface area contributed by atoms with Crippen molar-refractivity contribution in [1.29, 1.82) is 0 Å². The average molecular weight is 235 g/mol. The van der Waals surface area contributed by atoms with Gasteiger partial charge in [-0.3, -0.25) is 5.10 Å². The summed E-state index contributed by atoms with van der Waals surface area (Å²) in [5, 5.41) is 17.2. The van der Waals surface area contributed by atoms with Crippen LogP contribution in [-0.2, 0) is 0 Å². The summed E-state index contributed by atoms with van der Waals surface area (Å²) in [6.45, 7) is 1.96. The molecule has 0 amide bonds. The van der Waals surface area contributed by atoms with E-state index in [9.17, 15) is 5.11 Å². The molecule has 0 fully saturated rings. The molecule has 0 spiro atoms. The van der Waals surface area contributed by atoms with Crippen molar-refractivity contribution in [3.63, 3.8) is 0 Å². The Bertz CT molecular complexity index is 444. The number of aromatic nitrogens is 3. The molecule has 2 N–H and O–H groups in total. The van der Waals surface area contributed by atoms with Crippen LogP contribution in [0.25, 0.3) is 0 Å². The second kappa shape index (κ2) is 5.14. The van der Waals surface area contributed by atoms with Crippen molar-refractivity contribution in [2.24, 2.45) is 0 Å². The van der Waals surface area contributed by atoms with E-state index in [0.717, 1.165) is 15.6 Å². The maximum atomic E-state index is 9.88. The van der Waals surface area contributed by atoms with E-state index < -0.39 is 6.10 Å². The van der Waals surface area contributed by atoms with Gasteiger partial charge in [-0.1, -0.05) is 25.1 Å². The van der Waals surface area contributed by atoms with Crippen molar-refractivity contribution in [1.82, 2.24) is 15.2 Å². The molecule has 0 saturated heterocycles. The van der Waals surface area contributed by atoms with Gasteiger partial charge in [-0.2, -0.15) is 5.10 Å². The van der Waals surface area contributed by atoms with Crippen molar-refractivity contribution >= 4 is 11.8 Å². The van der Waals surface area contributed by atoms with Crippen molar-refractivity contribution in [3.05, 3.63) is 36.2 Å². The predicted molar refractivity (Wildman–Crippen MR) is 62.2 cm³/mol. The molecule has 2 rings (SSSR count). The number of hydrogen-bond donors (Lipinski definition) is 2. The zero-order valence-electron chi connectivity index (χ0n) is 8.92. The number of aliphatic hydroxyl groups excluding tert-OH is 1. The SMILES string of the molecule is CC[C@H](O)c1ccccc1Sc1ncn[nH]1. The lowest BCUT2D eigenvalue weighted by Gasteiger charge is -2.12. The van der Waals surface area contributed by atoms with Crippen LogP contribution in [0.3, 0.4) is 0 Å². The van der Waals surface area contributed by atoms with Crippen LogP contribution >= 0.6 is 11.8 Å². The maximum Gasteiger partial charge on any atom is 0.188 e. The summed E-state index contributed by atoms with van der Waals surface area (Å²) < 4.78 is 0. The molecule has 84 valence electrons. The Balaban J connectivity index is 2.26. The van der Waals surface area contributed by atoms with Gasteiger partial charge < -0.3 is 5.11 Å². The van der Waals surface area contributed by atoms with Crippen molar-refractivity contribution < 1.29 is 5.11 Å². The fraction of sp³-hybridized carbons (Fsp3) is 0.273. The van der Waals surface area contributed by atoms with Crippen LogP contribution in [0, 0.1) is 0 Å². The molecule has 1 atom stereocenters. The van der Waals surface area contributed by atoms with Crippen LogP contribution < -0.4 is 0 Å². The minimum Gasteiger partial charge on any atom is -0.388 e. The molecule has 0 aliphatic heterocycles. The Morgan fingerprint density at radius 3 is 2.94 bits per heavy atom. The molecule has 0 unspecified atom stereocenters. The highest BCUT2D eigenvalue weighted by atomic mass is 32.2. The van der Waals surface area contributed by atoms with Crippen LogP contribution in [0.4, 0.5) is 0 Å². The van der Waals surface area contributed by atoms with Gasteiger partial charge in [0, 0.05) is 4.90 Å². The quantitative estimate of drug-likeness (QED) is 0.854. The highest BCUT2D eigenvalue weighted by Gasteiger charge is 2.11. The van der Waals surface area contributed by atoms with E-state index in [0.29, 0.717) is 6.42 Å². The third-order valence-electron chi connectivity index (χ3n) is 2.26. The number of rotatable bonds is 4. The third kappa shape index (κ3) is 2.43. The zero-order chi connectivity index (χ0) is 11.4. The summed E-state index contributed by atoms with van der Waals surface area (Å²) >= 11 is 1.48. The standard InChI is InChI=1S/C11H13N3OS/c1-2-9(15)8-5-3-4-6-10(8)16-11-12-7-13-14-11/h3-7,9,15H,2H2,1H3,(H,12,13,14)/t9-/m0/s1. The Labute approximate surface area is 98.1 Å². The minimum absolute atomic E-state index is 0.424. The number of nitrogens with one attached hydrogen (secondary N) is 1. The topological polar surface area (TPSA) is 61.8 Å². The molecule has 2 aromatic rings. The highest BCUT2D eigenvalue weighted by molar-refractivity contribution is 7.99. The smallest absolute Gasteiger partial charge is 0.188 e. The summed E-state index contributed by atoms with van der Waals surface area (Å²) in [4.78, 5) is 5.06. The van der Waals surface area contributed by atoms with Crippen LogP contribution in [0.5, 0.6) is 0 Å². The fourth-order valence-electron chi connectivity index (χ4n) is 1.42. The number of benzene rings is 1. The van der Waals surface area contributed by atoms with E-state index in [-0.39, 0.29) is 0 Å². The predicted octanol–water partition coefficient (Wildman–Crippen LogP) is 2.40. The molecule has 1 aromatic carbocycles. The molecule has 1 aromatic heterocycles. The summed E-state index contributed by atoms with van der Waals surface area (Å²) in [7, 11) is 0. The molecule has 0 aliphatic carbocycles. The van der Waals surface area contributed by atoms with E-state index in [4.69, 9.17) is 0 Å². The van der Waals surface area contributed by atoms with Gasteiger partial charge in [0.2, 0.25) is 0 Å². The van der Waals surface area contributed by atoms with Crippen LogP contribution in [0.1, 0.15) is 25.0 Å². The molecule has 5 heteroatoms. The Morgan fingerprint density at radius 1 is 1.44 bits per heavy atom. The van der Waals surface area contributed by atoms with Gasteiger partial charge in [-0.05, 0) is 29.8 Å². The largest absolute Gasteiger partial charge is 0.388 e. The lowest BCUT2D eigenvalue weighted by Crippen LogP contribution is -1.97. The molecule has 0 radical (unpaired) electrons. The van der Waals surface area contributed by atoms with Gasteiger partial charge in [0.15, 0.2) is 5.16 Å². The molecular weight excluding hydrogens is 222 g/mol. The van der Waals surface area contributed by atoms with E-state index in [1.54, 1.807) is 0 Å². The van der Waals surface area contributed by atoms with E-state index >= 15 is 0 Å². The lowest BCUT2D eigenvalue weighted by molar-refractivity contribution is 0.171. The van der Waals surface area contributed by atoms with Crippen molar-refractivity contribution in [2.45, 2.75) is 29.5 Å². The Hall–Kier alpha value is -1.33. The highest BCUT2D eigenvalue weighted by Crippen LogP contribution is 2.31. The average Bonchev–Trinajstić information content (AvgIpc) is 2.82. The summed E-state index contributed by atoms with van der Waals surface area (Å²) in [6, 6.07) is 7.79. The molecule has 0 saturated carbocycles. The first-order valence-corrected chi connectivity index (χ1v) is 5.93. The number of H-pyrrole nitrogens is 1. The molecule has 16 heavy (non-hydrogen) atoms. The zero-order valence-corrected chi connectivity index (χ0v) is 9.74. The monoisotopic (exact) mass is 235 g/mol. The molecule has 1 heterocycles. The van der Waals surface area contributed by atoms with Gasteiger partial charge >= 0.3 is 0 Å². The molecule has 0 bridgehead atoms. The summed E-state index contributed by atoms with van der Waals surface area (Å²) in [5.41, 5.74) is 0.936. The van der Waals surface area contributed by atoms with Gasteiger partial charge in [0.25, 0.3) is 0 Å². The second-order valence-electron chi connectivity index (χ2n) is 3.35. The first-order chi connectivity index (χ1) is 7.81. The minimum atomic E-state index is -0.424. The number of hydrogen-bond acceptors (Lipinski definition) is 4. The number of aromatic amines is 1. The van der Waals surface area contributed by atoms with Crippen molar-refractivity contribution in [2.75, 3.05) is 0 Å². The van der Waals surface area contributed by atoms with Gasteiger partial charge in [0.05, 0.1) is 6.10 Å². The Kier molecular flexibility index (Phi) is 3.58. The van der Waals surface area contributed by atoms with Crippen LogP contribution in [0.15, 0.2) is 40.6 Å². The molecular formula is C11H13N3OS. The molecule has 0 aliphatic rings. The summed E-state index contributed by atoms with van der Waals surface area (Å²) in [6.07, 6.45) is 1.75. The van der Waals surface area contributed by atoms with Crippen LogP contribution in [-0.4, -0.2) is 20.3 Å². The van der Waals surface area contributed by atoms with E-state index in [2.05, 4.69) is 15.2 Å². The normalized spacial score (nSPS) is 12.6. The van der Waals surface area contributed by atoms with Gasteiger partial charge in [-0.15, -0.1) is 0 Å². The van der Waals surface area contributed by atoms with Crippen LogP contribution in [0.2, 0.25) is 0 Å². The third-order valence-corrected chi connectivity index (χ3v) is 3.25. The lowest BCUT2D eigenvalue weighted by atomic mass is 10.1. The summed E-state index contributed by atoms with van der Waals surface area (Å²) in [5.74, 6) is 0.